The van der Waals surface area contributed by atoms with E-state index in [0.29, 0.717) is 45.2 Å². The van der Waals surface area contributed by atoms with Crippen LogP contribution in [0.4, 0.5) is 24.5 Å². The van der Waals surface area contributed by atoms with Crippen molar-refractivity contribution < 1.29 is 27.4 Å². The van der Waals surface area contributed by atoms with Crippen LogP contribution in [0.3, 0.4) is 0 Å². The molecule has 2 aliphatic carbocycles. The third-order valence-corrected chi connectivity index (χ3v) is 7.54. The standard InChI is InChI=1S/C32H30F3N5O3/c1-41-22-14-12-20(13-15-22)37-27-19-30-28(18-26(27)39-25-10-6-16-36-31(25)42-2)38-24-9-3-4-11-29(24)40(30)21-7-5-8-23(17-21)43-32(33,34)35/h3-11,16-20,22,39H,12-15H2,1-2H3/b37-27+. The lowest BCUT2D eigenvalue weighted by Gasteiger charge is -2.25. The van der Waals surface area contributed by atoms with Gasteiger partial charge in [0.1, 0.15) is 11.4 Å². The number of hydrogen-bond donors (Lipinski definition) is 1. The monoisotopic (exact) mass is 589 g/mol. The van der Waals surface area contributed by atoms with Gasteiger partial charge in [0.25, 0.3) is 0 Å². The van der Waals surface area contributed by atoms with Gasteiger partial charge in [-0.3, -0.25) is 4.99 Å². The lowest BCUT2D eigenvalue weighted by atomic mass is 9.93. The van der Waals surface area contributed by atoms with E-state index < -0.39 is 6.36 Å². The van der Waals surface area contributed by atoms with E-state index in [4.69, 9.17) is 19.5 Å². The number of nitrogens with one attached hydrogen (secondary N) is 1. The van der Waals surface area contributed by atoms with Gasteiger partial charge in [0.2, 0.25) is 5.88 Å². The third-order valence-electron chi connectivity index (χ3n) is 7.54. The molecule has 8 nitrogen and oxygen atoms in total. The lowest BCUT2D eigenvalue weighted by molar-refractivity contribution is -0.274. The van der Waals surface area contributed by atoms with Crippen LogP contribution in [0.5, 0.6) is 11.6 Å². The van der Waals surface area contributed by atoms with Gasteiger partial charge in [-0.15, -0.1) is 13.2 Å². The molecule has 0 atom stereocenters. The van der Waals surface area contributed by atoms with Gasteiger partial charge in [0.05, 0.1) is 52.7 Å². The Hall–Kier alpha value is -4.64. The number of anilines is 2. The van der Waals surface area contributed by atoms with E-state index in [0.717, 1.165) is 31.2 Å². The summed E-state index contributed by atoms with van der Waals surface area (Å²) in [6.45, 7) is 0. The summed E-state index contributed by atoms with van der Waals surface area (Å²) in [5, 5.41) is 4.12. The number of ether oxygens (including phenoxy) is 3. The van der Waals surface area contributed by atoms with Crippen molar-refractivity contribution in [3.8, 4) is 28.7 Å². The fourth-order valence-corrected chi connectivity index (χ4v) is 5.55. The van der Waals surface area contributed by atoms with Gasteiger partial charge in [-0.05, 0) is 74.2 Å². The van der Waals surface area contributed by atoms with Crippen molar-refractivity contribution in [3.05, 3.63) is 84.4 Å². The molecule has 11 heteroatoms. The van der Waals surface area contributed by atoms with Crippen molar-refractivity contribution in [2.45, 2.75) is 44.2 Å². The molecule has 6 rings (SSSR count). The van der Waals surface area contributed by atoms with E-state index in [1.165, 1.54) is 18.2 Å². The van der Waals surface area contributed by atoms with E-state index in [1.807, 2.05) is 53.1 Å². The molecule has 0 unspecified atom stereocenters. The van der Waals surface area contributed by atoms with Gasteiger partial charge in [0, 0.05) is 25.1 Å². The smallest absolute Gasteiger partial charge is 0.480 e. The largest absolute Gasteiger partial charge is 0.573 e. The van der Waals surface area contributed by atoms with Crippen molar-refractivity contribution in [2.24, 2.45) is 4.99 Å². The summed E-state index contributed by atoms with van der Waals surface area (Å²) >= 11 is 0. The summed E-state index contributed by atoms with van der Waals surface area (Å²) in [5.74, 6) is 0.116. The van der Waals surface area contributed by atoms with Crippen LogP contribution in [0, 0.1) is 0 Å². The predicted octanol–water partition coefficient (Wildman–Crippen LogP) is 7.03. The fraction of sp³-hybridized carbons (Fsp3) is 0.281. The summed E-state index contributed by atoms with van der Waals surface area (Å²) in [5.41, 5.74) is 4.55. The van der Waals surface area contributed by atoms with E-state index >= 15 is 0 Å². The van der Waals surface area contributed by atoms with Crippen LogP contribution in [-0.4, -0.2) is 47.3 Å². The maximum atomic E-state index is 13.1. The Morgan fingerprint density at radius 3 is 2.49 bits per heavy atom. The summed E-state index contributed by atoms with van der Waals surface area (Å²) in [7, 11) is 3.29. The molecule has 0 radical (unpaired) electrons. The van der Waals surface area contributed by atoms with Crippen molar-refractivity contribution in [1.82, 2.24) is 14.5 Å². The predicted molar refractivity (Wildman–Crippen MR) is 157 cm³/mol. The Bertz CT molecular complexity index is 1780. The molecule has 0 saturated heterocycles. The van der Waals surface area contributed by atoms with E-state index in [9.17, 15) is 13.2 Å². The molecule has 0 amide bonds. The molecule has 1 N–H and O–H groups in total. The first-order chi connectivity index (χ1) is 20.8. The number of benzene rings is 3. The summed E-state index contributed by atoms with van der Waals surface area (Å²) < 4.78 is 56.5. The average Bonchev–Trinajstić information content (AvgIpc) is 3.00. The molecule has 1 saturated carbocycles. The minimum Gasteiger partial charge on any atom is -0.480 e. The van der Waals surface area contributed by atoms with Crippen molar-refractivity contribution in [2.75, 3.05) is 19.5 Å². The molecule has 1 fully saturated rings. The number of nitrogens with zero attached hydrogens (tertiary/aromatic N) is 4. The van der Waals surface area contributed by atoms with Gasteiger partial charge in [0.15, 0.2) is 0 Å². The van der Waals surface area contributed by atoms with Gasteiger partial charge in [-0.25, -0.2) is 9.97 Å². The summed E-state index contributed by atoms with van der Waals surface area (Å²) in [6.07, 6.45) is 0.637. The van der Waals surface area contributed by atoms with Gasteiger partial charge in [-0.2, -0.15) is 0 Å². The number of methoxy groups -OCH3 is 2. The number of alkyl halides is 3. The molecule has 43 heavy (non-hydrogen) atoms. The highest BCUT2D eigenvalue weighted by Gasteiger charge is 2.31. The zero-order valence-corrected chi connectivity index (χ0v) is 23.6. The highest BCUT2D eigenvalue weighted by molar-refractivity contribution is 5.84. The van der Waals surface area contributed by atoms with Gasteiger partial charge >= 0.3 is 6.36 Å². The van der Waals surface area contributed by atoms with Crippen LogP contribution < -0.4 is 20.1 Å². The second kappa shape index (κ2) is 11.9. The van der Waals surface area contributed by atoms with Crippen molar-refractivity contribution >= 4 is 22.4 Å². The van der Waals surface area contributed by atoms with E-state index in [1.54, 1.807) is 26.5 Å². The van der Waals surface area contributed by atoms with Crippen LogP contribution in [0.1, 0.15) is 25.7 Å². The zero-order chi connectivity index (χ0) is 30.0. The molecule has 3 aromatic rings. The van der Waals surface area contributed by atoms with Gasteiger partial charge in [-0.1, -0.05) is 18.2 Å². The minimum atomic E-state index is -4.81. The SMILES string of the molecule is COc1ncccc1Nc1cc2nc3ccccc3n(-c3cccc(OC(F)(F)F)c3)c-2c/c1=N\C1CCC(OC)CC1. The quantitative estimate of drug-likeness (QED) is 0.205. The number of pyridine rings is 1. The molecule has 2 heterocycles. The molecule has 222 valence electrons. The highest BCUT2D eigenvalue weighted by Crippen LogP contribution is 2.34. The van der Waals surface area contributed by atoms with Crippen LogP contribution in [0.2, 0.25) is 0 Å². The number of para-hydroxylation sites is 2. The second-order valence-corrected chi connectivity index (χ2v) is 10.3. The summed E-state index contributed by atoms with van der Waals surface area (Å²) in [6, 6.07) is 21.0. The van der Waals surface area contributed by atoms with E-state index in [-0.39, 0.29) is 17.9 Å². The average molecular weight is 590 g/mol. The fourth-order valence-electron chi connectivity index (χ4n) is 5.55. The molecule has 1 aromatic heterocycles. The molecule has 3 aliphatic rings. The molecular formula is C32H30F3N5O3. The maximum Gasteiger partial charge on any atom is 0.573 e. The van der Waals surface area contributed by atoms with Gasteiger partial charge < -0.3 is 24.1 Å². The molecular weight excluding hydrogens is 559 g/mol. The first-order valence-corrected chi connectivity index (χ1v) is 14.0. The van der Waals surface area contributed by atoms with Crippen LogP contribution in [-0.2, 0) is 4.74 Å². The highest BCUT2D eigenvalue weighted by atomic mass is 19.4. The first kappa shape index (κ1) is 28.5. The molecule has 0 bridgehead atoms. The zero-order valence-electron chi connectivity index (χ0n) is 23.6. The number of hydrogen-bond acceptors (Lipinski definition) is 7. The van der Waals surface area contributed by atoms with E-state index in [2.05, 4.69) is 15.0 Å². The van der Waals surface area contributed by atoms with Crippen LogP contribution >= 0.6 is 0 Å². The van der Waals surface area contributed by atoms with Crippen molar-refractivity contribution in [1.29, 1.82) is 0 Å². The number of fused-ring (bicyclic) bond motifs is 2. The molecule has 0 spiro atoms. The third kappa shape index (κ3) is 6.26. The van der Waals surface area contributed by atoms with Crippen LogP contribution in [0.25, 0.3) is 28.1 Å². The lowest BCUT2D eigenvalue weighted by Crippen LogP contribution is -2.25. The first-order valence-electron chi connectivity index (χ1n) is 14.0. The normalized spacial score (nSPS) is 17.7. The second-order valence-electron chi connectivity index (χ2n) is 10.3. The summed E-state index contributed by atoms with van der Waals surface area (Å²) in [4.78, 5) is 14.4. The molecule has 2 aromatic carbocycles. The Morgan fingerprint density at radius 2 is 1.72 bits per heavy atom. The Kier molecular flexibility index (Phi) is 7.90. The Balaban J connectivity index is 1.57. The topological polar surface area (TPSA) is 82.8 Å². The number of aromatic nitrogens is 3. The molecule has 1 aliphatic heterocycles. The maximum absolute atomic E-state index is 13.1. The van der Waals surface area contributed by atoms with Crippen LogP contribution in [0.15, 0.2) is 84.0 Å². The Labute approximate surface area is 246 Å². The minimum absolute atomic E-state index is 0.0746. The number of rotatable bonds is 7. The Morgan fingerprint density at radius 1 is 0.907 bits per heavy atom. The number of halogens is 3. The van der Waals surface area contributed by atoms with Crippen molar-refractivity contribution in [3.63, 3.8) is 0 Å².